The number of carboxylic acids is 1. The first kappa shape index (κ1) is 13.9. The monoisotopic (exact) mass is 289 g/mol. The highest BCUT2D eigenvalue weighted by atomic mass is 16.4. The topological polar surface area (TPSA) is 86.9 Å². The van der Waals surface area contributed by atoms with Crippen LogP contribution in [-0.4, -0.2) is 47.2 Å². The van der Waals surface area contributed by atoms with Gasteiger partial charge in [0.1, 0.15) is 6.04 Å². The number of carboxylic acid groups (broad SMARTS) is 1. The number of likely N-dealkylation sites (tertiary alicyclic amines) is 1. The van der Waals surface area contributed by atoms with E-state index in [1.54, 1.807) is 11.0 Å². The van der Waals surface area contributed by atoms with Gasteiger partial charge in [-0.1, -0.05) is 18.2 Å². The molecule has 0 bridgehead atoms. The van der Waals surface area contributed by atoms with E-state index < -0.39 is 12.0 Å². The summed E-state index contributed by atoms with van der Waals surface area (Å²) in [5, 5.41) is 9.42. The molecule has 1 unspecified atom stereocenters. The molecule has 1 aromatic carbocycles. The third-order valence-electron chi connectivity index (χ3n) is 4.20. The molecule has 2 aliphatic rings. The molecule has 0 spiro atoms. The number of nitrogens with zero attached hydrogens (tertiary/aromatic N) is 2. The summed E-state index contributed by atoms with van der Waals surface area (Å²) in [5.41, 5.74) is 7.53. The standard InChI is InChI=1S/C15H19N3O3/c16-11-5-3-7-17(9-11)15(21)18-12-6-2-1-4-10(12)8-13(18)14(19)20/h1-2,4,6,11,13H,3,5,7-9,16H2,(H,19,20)/t11?,13-/m0/s1. The minimum absolute atomic E-state index is 0.0242. The number of nitrogens with two attached hydrogens (primary N) is 1. The number of carbonyl (C=O) groups excluding carboxylic acids is 1. The van der Waals surface area contributed by atoms with Crippen molar-refractivity contribution >= 4 is 17.7 Å². The molecule has 0 aromatic heterocycles. The SMILES string of the molecule is NC1CCCN(C(=O)N2c3ccccc3C[C@H]2C(=O)O)C1. The number of para-hydroxylation sites is 1. The van der Waals surface area contributed by atoms with Crippen molar-refractivity contribution in [3.05, 3.63) is 29.8 Å². The van der Waals surface area contributed by atoms with Gasteiger partial charge in [0.2, 0.25) is 0 Å². The van der Waals surface area contributed by atoms with Crippen molar-refractivity contribution in [3.63, 3.8) is 0 Å². The molecule has 112 valence electrons. The van der Waals surface area contributed by atoms with Gasteiger partial charge in [0.05, 0.1) is 0 Å². The number of anilines is 1. The van der Waals surface area contributed by atoms with Crippen molar-refractivity contribution in [1.82, 2.24) is 4.90 Å². The van der Waals surface area contributed by atoms with Gasteiger partial charge in [-0.3, -0.25) is 4.90 Å². The third kappa shape index (κ3) is 2.47. The first-order chi connectivity index (χ1) is 10.1. The maximum Gasteiger partial charge on any atom is 0.327 e. The molecule has 21 heavy (non-hydrogen) atoms. The molecule has 6 heteroatoms. The van der Waals surface area contributed by atoms with Gasteiger partial charge in [0, 0.05) is 31.2 Å². The summed E-state index contributed by atoms with van der Waals surface area (Å²) in [6.07, 6.45) is 2.12. The average molecular weight is 289 g/mol. The van der Waals surface area contributed by atoms with Crippen LogP contribution in [0.1, 0.15) is 18.4 Å². The number of amides is 2. The van der Waals surface area contributed by atoms with Crippen LogP contribution in [0.2, 0.25) is 0 Å². The van der Waals surface area contributed by atoms with E-state index in [1.165, 1.54) is 4.90 Å². The molecular weight excluding hydrogens is 270 g/mol. The molecule has 2 amide bonds. The molecule has 0 aliphatic carbocycles. The van der Waals surface area contributed by atoms with Crippen LogP contribution in [0.4, 0.5) is 10.5 Å². The molecule has 6 nitrogen and oxygen atoms in total. The highest BCUT2D eigenvalue weighted by Gasteiger charge is 2.40. The van der Waals surface area contributed by atoms with E-state index >= 15 is 0 Å². The zero-order valence-corrected chi connectivity index (χ0v) is 11.7. The van der Waals surface area contributed by atoms with Crippen molar-refractivity contribution < 1.29 is 14.7 Å². The maximum atomic E-state index is 12.8. The number of benzene rings is 1. The molecular formula is C15H19N3O3. The molecule has 1 aromatic rings. The fourth-order valence-electron chi connectivity index (χ4n) is 3.16. The first-order valence-electron chi connectivity index (χ1n) is 7.22. The number of piperidine rings is 1. The Balaban J connectivity index is 1.90. The largest absolute Gasteiger partial charge is 0.480 e. The van der Waals surface area contributed by atoms with Gasteiger partial charge in [-0.05, 0) is 24.5 Å². The molecule has 2 heterocycles. The molecule has 3 rings (SSSR count). The van der Waals surface area contributed by atoms with Crippen LogP contribution in [0.15, 0.2) is 24.3 Å². The van der Waals surface area contributed by atoms with Crippen molar-refractivity contribution in [2.45, 2.75) is 31.3 Å². The lowest BCUT2D eigenvalue weighted by atomic mass is 10.1. The summed E-state index contributed by atoms with van der Waals surface area (Å²) in [7, 11) is 0. The molecule has 1 fully saturated rings. The summed E-state index contributed by atoms with van der Waals surface area (Å²) in [6, 6.07) is 6.27. The van der Waals surface area contributed by atoms with E-state index in [4.69, 9.17) is 5.73 Å². The minimum Gasteiger partial charge on any atom is -0.480 e. The zero-order chi connectivity index (χ0) is 15.0. The Labute approximate surface area is 123 Å². The van der Waals surface area contributed by atoms with Crippen molar-refractivity contribution in [3.8, 4) is 0 Å². The second-order valence-corrected chi connectivity index (χ2v) is 5.69. The number of rotatable bonds is 1. The van der Waals surface area contributed by atoms with Crippen LogP contribution in [0, 0.1) is 0 Å². The van der Waals surface area contributed by atoms with Gasteiger partial charge >= 0.3 is 12.0 Å². The zero-order valence-electron chi connectivity index (χ0n) is 11.7. The lowest BCUT2D eigenvalue weighted by Crippen LogP contribution is -2.54. The summed E-state index contributed by atoms with van der Waals surface area (Å²) in [5.74, 6) is -0.971. The summed E-state index contributed by atoms with van der Waals surface area (Å²) in [4.78, 5) is 27.3. The minimum atomic E-state index is -0.971. The van der Waals surface area contributed by atoms with Gasteiger partial charge in [-0.25, -0.2) is 9.59 Å². The second-order valence-electron chi connectivity index (χ2n) is 5.69. The molecule has 0 radical (unpaired) electrons. The Bertz CT molecular complexity index is 575. The van der Waals surface area contributed by atoms with E-state index in [0.29, 0.717) is 25.2 Å². The fraction of sp³-hybridized carbons (Fsp3) is 0.467. The Morgan fingerprint density at radius 2 is 2.05 bits per heavy atom. The number of aliphatic carboxylic acids is 1. The third-order valence-corrected chi connectivity index (χ3v) is 4.20. The Morgan fingerprint density at radius 3 is 2.76 bits per heavy atom. The van der Waals surface area contributed by atoms with Crippen LogP contribution in [0.3, 0.4) is 0 Å². The normalized spacial score (nSPS) is 24.8. The lowest BCUT2D eigenvalue weighted by Gasteiger charge is -2.35. The van der Waals surface area contributed by atoms with E-state index in [9.17, 15) is 14.7 Å². The summed E-state index contributed by atoms with van der Waals surface area (Å²) >= 11 is 0. The quantitative estimate of drug-likeness (QED) is 0.809. The summed E-state index contributed by atoms with van der Waals surface area (Å²) in [6.45, 7) is 1.13. The molecule has 0 saturated carbocycles. The second kappa shape index (κ2) is 5.37. The number of urea groups is 1. The summed E-state index contributed by atoms with van der Waals surface area (Å²) < 4.78 is 0. The van der Waals surface area contributed by atoms with Crippen molar-refractivity contribution in [2.24, 2.45) is 5.73 Å². The fourth-order valence-corrected chi connectivity index (χ4v) is 3.16. The molecule has 2 aliphatic heterocycles. The maximum absolute atomic E-state index is 12.8. The van der Waals surface area contributed by atoms with E-state index in [2.05, 4.69) is 0 Å². The number of fused-ring (bicyclic) bond motifs is 1. The van der Waals surface area contributed by atoms with Crippen LogP contribution in [-0.2, 0) is 11.2 Å². The predicted molar refractivity (Wildman–Crippen MR) is 78.2 cm³/mol. The number of carbonyl (C=O) groups is 2. The van der Waals surface area contributed by atoms with E-state index in [-0.39, 0.29) is 12.1 Å². The van der Waals surface area contributed by atoms with E-state index in [1.807, 2.05) is 18.2 Å². The number of hydrogen-bond donors (Lipinski definition) is 2. The molecule has 3 N–H and O–H groups in total. The highest BCUT2D eigenvalue weighted by molar-refractivity contribution is 6.01. The average Bonchev–Trinajstić information content (AvgIpc) is 2.86. The van der Waals surface area contributed by atoms with Crippen LogP contribution in [0.5, 0.6) is 0 Å². The Morgan fingerprint density at radius 1 is 1.29 bits per heavy atom. The van der Waals surface area contributed by atoms with Crippen LogP contribution in [0.25, 0.3) is 0 Å². The van der Waals surface area contributed by atoms with Gasteiger partial charge in [0.15, 0.2) is 0 Å². The van der Waals surface area contributed by atoms with Gasteiger partial charge < -0.3 is 15.7 Å². The molecule has 2 atom stereocenters. The highest BCUT2D eigenvalue weighted by Crippen LogP contribution is 2.33. The smallest absolute Gasteiger partial charge is 0.327 e. The van der Waals surface area contributed by atoms with Gasteiger partial charge in [-0.2, -0.15) is 0 Å². The predicted octanol–water partition coefficient (Wildman–Crippen LogP) is 1.05. The van der Waals surface area contributed by atoms with Crippen LogP contribution < -0.4 is 10.6 Å². The van der Waals surface area contributed by atoms with Crippen molar-refractivity contribution in [1.29, 1.82) is 0 Å². The van der Waals surface area contributed by atoms with Crippen molar-refractivity contribution in [2.75, 3.05) is 18.0 Å². The van der Waals surface area contributed by atoms with Gasteiger partial charge in [0.25, 0.3) is 0 Å². The first-order valence-corrected chi connectivity index (χ1v) is 7.22. The van der Waals surface area contributed by atoms with Crippen LogP contribution >= 0.6 is 0 Å². The van der Waals surface area contributed by atoms with E-state index in [0.717, 1.165) is 18.4 Å². The number of hydrogen-bond acceptors (Lipinski definition) is 3. The lowest BCUT2D eigenvalue weighted by molar-refractivity contribution is -0.138. The molecule has 1 saturated heterocycles. The Kier molecular flexibility index (Phi) is 3.55. The van der Waals surface area contributed by atoms with Gasteiger partial charge in [-0.15, -0.1) is 0 Å². The Hall–Kier alpha value is -2.08.